The molecule has 16 heavy (non-hydrogen) atoms. The molecule has 0 atom stereocenters. The first-order chi connectivity index (χ1) is 7.26. The van der Waals surface area contributed by atoms with E-state index < -0.39 is 15.4 Å². The summed E-state index contributed by atoms with van der Waals surface area (Å²) in [4.78, 5) is 0.262. The highest BCUT2D eigenvalue weighted by Crippen LogP contribution is 2.23. The average molecular weight is 237 g/mol. The monoisotopic (exact) mass is 237 g/mol. The van der Waals surface area contributed by atoms with Crippen molar-refractivity contribution in [3.8, 4) is 12.3 Å². The molecule has 0 aliphatic rings. The molecule has 1 aromatic carbocycles. The first-order valence-electron chi connectivity index (χ1n) is 4.81. The lowest BCUT2D eigenvalue weighted by Gasteiger charge is -2.22. The third-order valence-electron chi connectivity index (χ3n) is 2.09. The highest BCUT2D eigenvalue weighted by Gasteiger charge is 2.18. The minimum atomic E-state index is -3.25. The van der Waals surface area contributed by atoms with Crippen LogP contribution < -0.4 is 5.32 Å². The van der Waals surface area contributed by atoms with E-state index in [4.69, 9.17) is 6.42 Å². The van der Waals surface area contributed by atoms with Crippen LogP contribution in [0.15, 0.2) is 29.2 Å². The van der Waals surface area contributed by atoms with Crippen molar-refractivity contribution in [2.24, 2.45) is 0 Å². The van der Waals surface area contributed by atoms with Gasteiger partial charge in [0.1, 0.15) is 0 Å². The van der Waals surface area contributed by atoms with Crippen molar-refractivity contribution in [2.45, 2.75) is 24.3 Å². The maximum atomic E-state index is 11.5. The summed E-state index contributed by atoms with van der Waals surface area (Å²) in [5.74, 6) is 2.56. The molecular formula is C12H15NO2S. The molecule has 1 aromatic rings. The van der Waals surface area contributed by atoms with Gasteiger partial charge in [-0.2, -0.15) is 0 Å². The molecule has 0 bridgehead atoms. The maximum Gasteiger partial charge on any atom is 0.177 e. The fraction of sp³-hybridized carbons (Fsp3) is 0.333. The summed E-state index contributed by atoms with van der Waals surface area (Å²) in [6, 6.07) is 6.72. The Kier molecular flexibility index (Phi) is 3.30. The molecule has 86 valence electrons. The predicted octanol–water partition coefficient (Wildman–Crippen LogP) is 1.91. The van der Waals surface area contributed by atoms with Crippen molar-refractivity contribution in [1.29, 1.82) is 0 Å². The van der Waals surface area contributed by atoms with Gasteiger partial charge in [-0.05, 0) is 26.0 Å². The number of nitrogens with one attached hydrogen (secondary N) is 1. The molecule has 1 N–H and O–H groups in total. The Bertz CT molecular complexity index is 524. The van der Waals surface area contributed by atoms with E-state index >= 15 is 0 Å². The molecule has 0 unspecified atom stereocenters. The second-order valence-electron chi connectivity index (χ2n) is 4.16. The van der Waals surface area contributed by atoms with Crippen LogP contribution in [0.25, 0.3) is 0 Å². The number of sulfone groups is 1. The number of terminal acetylenes is 1. The molecule has 0 heterocycles. The third kappa shape index (κ3) is 3.01. The fourth-order valence-corrected chi connectivity index (χ4v) is 2.11. The number of benzene rings is 1. The summed E-state index contributed by atoms with van der Waals surface area (Å²) in [5.41, 5.74) is -0.0474. The zero-order valence-electron chi connectivity index (χ0n) is 9.61. The van der Waals surface area contributed by atoms with Crippen molar-refractivity contribution in [3.63, 3.8) is 0 Å². The van der Waals surface area contributed by atoms with E-state index in [9.17, 15) is 8.42 Å². The van der Waals surface area contributed by atoms with Gasteiger partial charge in [0.15, 0.2) is 9.84 Å². The molecule has 0 aromatic heterocycles. The van der Waals surface area contributed by atoms with Crippen LogP contribution in [0.5, 0.6) is 0 Å². The predicted molar refractivity (Wildman–Crippen MR) is 66.1 cm³/mol. The van der Waals surface area contributed by atoms with E-state index in [1.165, 1.54) is 6.26 Å². The summed E-state index contributed by atoms with van der Waals surface area (Å²) in [7, 11) is -3.25. The Morgan fingerprint density at radius 3 is 2.38 bits per heavy atom. The Morgan fingerprint density at radius 1 is 1.31 bits per heavy atom. The van der Waals surface area contributed by atoms with Gasteiger partial charge in [-0.25, -0.2) is 8.42 Å². The summed E-state index contributed by atoms with van der Waals surface area (Å²) >= 11 is 0. The maximum absolute atomic E-state index is 11.5. The van der Waals surface area contributed by atoms with Gasteiger partial charge in [-0.1, -0.05) is 18.1 Å². The van der Waals surface area contributed by atoms with Gasteiger partial charge in [0.25, 0.3) is 0 Å². The van der Waals surface area contributed by atoms with E-state index in [-0.39, 0.29) is 4.90 Å². The smallest absolute Gasteiger partial charge is 0.177 e. The van der Waals surface area contributed by atoms with Gasteiger partial charge in [-0.3, -0.25) is 0 Å². The Labute approximate surface area is 96.8 Å². The highest BCUT2D eigenvalue weighted by atomic mass is 32.2. The lowest BCUT2D eigenvalue weighted by molar-refractivity contribution is 0.601. The molecule has 1 rings (SSSR count). The molecule has 0 saturated carbocycles. The van der Waals surface area contributed by atoms with Gasteiger partial charge in [-0.15, -0.1) is 6.42 Å². The Hall–Kier alpha value is -1.47. The normalized spacial score (nSPS) is 11.9. The number of para-hydroxylation sites is 1. The van der Waals surface area contributed by atoms with Crippen LogP contribution in [-0.4, -0.2) is 20.2 Å². The van der Waals surface area contributed by atoms with Crippen LogP contribution in [0.3, 0.4) is 0 Å². The van der Waals surface area contributed by atoms with Crippen LogP contribution in [0.2, 0.25) is 0 Å². The van der Waals surface area contributed by atoms with E-state index in [1.807, 2.05) is 13.8 Å². The van der Waals surface area contributed by atoms with Gasteiger partial charge in [0.05, 0.1) is 16.1 Å². The zero-order chi connectivity index (χ0) is 12.4. The van der Waals surface area contributed by atoms with Gasteiger partial charge < -0.3 is 5.32 Å². The summed E-state index contributed by atoms with van der Waals surface area (Å²) in [5, 5.41) is 3.03. The van der Waals surface area contributed by atoms with Crippen molar-refractivity contribution in [3.05, 3.63) is 24.3 Å². The molecule has 0 amide bonds. The first-order valence-corrected chi connectivity index (χ1v) is 6.70. The number of rotatable bonds is 3. The van der Waals surface area contributed by atoms with E-state index in [0.29, 0.717) is 5.69 Å². The highest BCUT2D eigenvalue weighted by molar-refractivity contribution is 7.90. The van der Waals surface area contributed by atoms with Crippen LogP contribution in [-0.2, 0) is 9.84 Å². The van der Waals surface area contributed by atoms with E-state index in [0.717, 1.165) is 0 Å². The van der Waals surface area contributed by atoms with Crippen molar-refractivity contribution >= 4 is 15.5 Å². The Balaban J connectivity index is 3.22. The quantitative estimate of drug-likeness (QED) is 0.817. The molecule has 0 aliphatic carbocycles. The minimum absolute atomic E-state index is 0.262. The molecule has 4 heteroatoms. The molecule has 0 radical (unpaired) electrons. The SMILES string of the molecule is C#CC(C)(C)Nc1ccccc1S(C)(=O)=O. The van der Waals surface area contributed by atoms with Gasteiger partial charge >= 0.3 is 0 Å². The average Bonchev–Trinajstić information content (AvgIpc) is 2.16. The largest absolute Gasteiger partial charge is 0.368 e. The topological polar surface area (TPSA) is 46.2 Å². The molecule has 0 saturated heterocycles. The first kappa shape index (κ1) is 12.6. The van der Waals surface area contributed by atoms with Crippen molar-refractivity contribution in [2.75, 3.05) is 11.6 Å². The van der Waals surface area contributed by atoms with E-state index in [2.05, 4.69) is 11.2 Å². The number of hydrogen-bond acceptors (Lipinski definition) is 3. The second-order valence-corrected chi connectivity index (χ2v) is 6.15. The Morgan fingerprint density at radius 2 is 1.88 bits per heavy atom. The van der Waals surface area contributed by atoms with Crippen LogP contribution in [0.1, 0.15) is 13.8 Å². The zero-order valence-corrected chi connectivity index (χ0v) is 10.4. The van der Waals surface area contributed by atoms with Crippen LogP contribution in [0.4, 0.5) is 5.69 Å². The van der Waals surface area contributed by atoms with Crippen LogP contribution in [0, 0.1) is 12.3 Å². The summed E-state index contributed by atoms with van der Waals surface area (Å²) in [6.45, 7) is 3.62. The standard InChI is InChI=1S/C12H15NO2S/c1-5-12(2,3)13-10-8-6-7-9-11(10)16(4,14)15/h1,6-9,13H,2-4H3. The lowest BCUT2D eigenvalue weighted by atomic mass is 10.1. The second kappa shape index (κ2) is 4.18. The number of anilines is 1. The molecule has 3 nitrogen and oxygen atoms in total. The van der Waals surface area contributed by atoms with Gasteiger partial charge in [0, 0.05) is 6.26 Å². The fourth-order valence-electron chi connectivity index (χ4n) is 1.27. The molecule has 0 spiro atoms. The minimum Gasteiger partial charge on any atom is -0.368 e. The van der Waals surface area contributed by atoms with Crippen molar-refractivity contribution in [1.82, 2.24) is 0 Å². The number of hydrogen-bond donors (Lipinski definition) is 1. The summed E-state index contributed by atoms with van der Waals surface area (Å²) in [6.07, 6.45) is 6.53. The van der Waals surface area contributed by atoms with Crippen LogP contribution >= 0.6 is 0 Å². The molecular weight excluding hydrogens is 222 g/mol. The third-order valence-corrected chi connectivity index (χ3v) is 3.25. The van der Waals surface area contributed by atoms with E-state index in [1.54, 1.807) is 24.3 Å². The molecule has 0 aliphatic heterocycles. The van der Waals surface area contributed by atoms with Gasteiger partial charge in [0.2, 0.25) is 0 Å². The summed E-state index contributed by atoms with van der Waals surface area (Å²) < 4.78 is 23.1. The lowest BCUT2D eigenvalue weighted by Crippen LogP contribution is -2.29. The molecule has 0 fully saturated rings. The van der Waals surface area contributed by atoms with Crippen molar-refractivity contribution < 1.29 is 8.42 Å².